The van der Waals surface area contributed by atoms with Gasteiger partial charge in [-0.25, -0.2) is 4.39 Å². The summed E-state index contributed by atoms with van der Waals surface area (Å²) in [6.45, 7) is 3.94. The average molecular weight is 297 g/mol. The highest BCUT2D eigenvalue weighted by atomic mass is 35.5. The third-order valence-electron chi connectivity index (χ3n) is 3.55. The van der Waals surface area contributed by atoms with Crippen molar-refractivity contribution in [2.45, 2.75) is 26.3 Å². The second-order valence-electron chi connectivity index (χ2n) is 4.87. The van der Waals surface area contributed by atoms with Crippen LogP contribution >= 0.6 is 11.6 Å². The van der Waals surface area contributed by atoms with Crippen molar-refractivity contribution in [3.63, 3.8) is 0 Å². The predicted molar refractivity (Wildman–Crippen MR) is 77.9 cm³/mol. The highest BCUT2D eigenvalue weighted by Crippen LogP contribution is 2.27. The fraction of sp³-hybridized carbons (Fsp3) is 0.357. The number of hydrogen-bond acceptors (Lipinski definition) is 3. The van der Waals surface area contributed by atoms with Crippen LogP contribution in [-0.4, -0.2) is 9.78 Å². The smallest absolute Gasteiger partial charge is 0.124 e. The minimum atomic E-state index is -0.343. The van der Waals surface area contributed by atoms with Gasteiger partial charge in [0.1, 0.15) is 5.82 Å². The number of nitrogens with one attached hydrogen (secondary N) is 1. The van der Waals surface area contributed by atoms with Crippen molar-refractivity contribution in [2.24, 2.45) is 12.9 Å². The Balaban J connectivity index is 2.33. The fourth-order valence-corrected chi connectivity index (χ4v) is 2.69. The van der Waals surface area contributed by atoms with Crippen LogP contribution in [0, 0.1) is 19.7 Å². The van der Waals surface area contributed by atoms with Crippen LogP contribution in [0.5, 0.6) is 0 Å². The summed E-state index contributed by atoms with van der Waals surface area (Å²) in [5.41, 5.74) is 6.66. The molecule has 0 radical (unpaired) electrons. The number of nitrogens with two attached hydrogens (primary N) is 1. The van der Waals surface area contributed by atoms with E-state index < -0.39 is 0 Å². The molecule has 20 heavy (non-hydrogen) atoms. The first kappa shape index (κ1) is 15.0. The van der Waals surface area contributed by atoms with Crippen LogP contribution in [0.1, 0.15) is 28.6 Å². The second-order valence-corrected chi connectivity index (χ2v) is 5.27. The number of benzene rings is 1. The summed E-state index contributed by atoms with van der Waals surface area (Å²) in [5.74, 6) is 5.33. The topological polar surface area (TPSA) is 55.9 Å². The lowest BCUT2D eigenvalue weighted by molar-refractivity contribution is 0.545. The van der Waals surface area contributed by atoms with Crippen molar-refractivity contribution < 1.29 is 4.39 Å². The molecular formula is C14H18ClFN4. The van der Waals surface area contributed by atoms with Crippen molar-refractivity contribution in [1.29, 1.82) is 0 Å². The maximum Gasteiger partial charge on any atom is 0.124 e. The van der Waals surface area contributed by atoms with Crippen LogP contribution in [-0.2, 0) is 13.5 Å². The normalized spacial score (nSPS) is 12.7. The van der Waals surface area contributed by atoms with Gasteiger partial charge in [0.05, 0.1) is 11.7 Å². The summed E-state index contributed by atoms with van der Waals surface area (Å²) in [7, 11) is 1.89. The zero-order valence-corrected chi connectivity index (χ0v) is 12.5. The highest BCUT2D eigenvalue weighted by Gasteiger charge is 2.20. The molecule has 1 atom stereocenters. The lowest BCUT2D eigenvalue weighted by Crippen LogP contribution is -2.30. The Labute approximate surface area is 122 Å². The van der Waals surface area contributed by atoms with E-state index in [0.717, 1.165) is 22.5 Å². The number of nitrogens with zero attached hydrogens (tertiary/aromatic N) is 2. The fourth-order valence-electron chi connectivity index (χ4n) is 2.45. The molecule has 0 bridgehead atoms. The number of aromatic nitrogens is 2. The van der Waals surface area contributed by atoms with Gasteiger partial charge in [-0.1, -0.05) is 17.7 Å². The van der Waals surface area contributed by atoms with Crippen LogP contribution in [0.25, 0.3) is 0 Å². The Morgan fingerprint density at radius 3 is 2.65 bits per heavy atom. The van der Waals surface area contributed by atoms with Gasteiger partial charge < -0.3 is 0 Å². The van der Waals surface area contributed by atoms with E-state index in [1.54, 1.807) is 6.07 Å². The summed E-state index contributed by atoms with van der Waals surface area (Å²) in [6.07, 6.45) is 0.572. The molecule has 0 spiro atoms. The van der Waals surface area contributed by atoms with Crippen LogP contribution < -0.4 is 11.3 Å². The van der Waals surface area contributed by atoms with Crippen LogP contribution in [0.3, 0.4) is 0 Å². The summed E-state index contributed by atoms with van der Waals surface area (Å²) < 4.78 is 14.9. The number of rotatable bonds is 4. The Morgan fingerprint density at radius 1 is 1.45 bits per heavy atom. The molecule has 0 amide bonds. The molecule has 0 aliphatic rings. The van der Waals surface area contributed by atoms with Gasteiger partial charge in [-0.2, -0.15) is 5.10 Å². The molecule has 2 rings (SSSR count). The quantitative estimate of drug-likeness (QED) is 0.673. The lowest BCUT2D eigenvalue weighted by atomic mass is 9.98. The van der Waals surface area contributed by atoms with Gasteiger partial charge in [-0.15, -0.1) is 0 Å². The first-order valence-electron chi connectivity index (χ1n) is 6.34. The molecule has 1 aromatic carbocycles. The van der Waals surface area contributed by atoms with Crippen LogP contribution in [0.2, 0.25) is 5.02 Å². The molecule has 4 nitrogen and oxygen atoms in total. The molecule has 0 saturated carbocycles. The van der Waals surface area contributed by atoms with E-state index in [2.05, 4.69) is 10.5 Å². The highest BCUT2D eigenvalue weighted by molar-refractivity contribution is 6.31. The summed E-state index contributed by atoms with van der Waals surface area (Å²) in [4.78, 5) is 0. The van der Waals surface area contributed by atoms with Gasteiger partial charge in [0, 0.05) is 23.3 Å². The Bertz CT molecular complexity index is 624. The number of hydrazine groups is 1. The largest absolute Gasteiger partial charge is 0.272 e. The van der Waals surface area contributed by atoms with Gasteiger partial charge in [0.2, 0.25) is 0 Å². The van der Waals surface area contributed by atoms with Crippen LogP contribution in [0.4, 0.5) is 4.39 Å². The molecule has 0 aliphatic carbocycles. The van der Waals surface area contributed by atoms with E-state index in [1.165, 1.54) is 12.1 Å². The van der Waals surface area contributed by atoms with Crippen molar-refractivity contribution in [1.82, 2.24) is 15.2 Å². The SMILES string of the molecule is Cc1nn(C)c(C)c1C(Cc1ccc(F)cc1Cl)NN. The van der Waals surface area contributed by atoms with Crippen molar-refractivity contribution in [2.75, 3.05) is 0 Å². The molecule has 1 heterocycles. The average Bonchev–Trinajstić information content (AvgIpc) is 2.63. The summed E-state index contributed by atoms with van der Waals surface area (Å²) in [6, 6.07) is 4.28. The van der Waals surface area contributed by atoms with Crippen molar-refractivity contribution in [3.8, 4) is 0 Å². The first-order valence-corrected chi connectivity index (χ1v) is 6.72. The maximum atomic E-state index is 13.1. The molecular weight excluding hydrogens is 279 g/mol. The van der Waals surface area contributed by atoms with Gasteiger partial charge in [-0.3, -0.25) is 16.0 Å². The third-order valence-corrected chi connectivity index (χ3v) is 3.91. The minimum Gasteiger partial charge on any atom is -0.272 e. The monoisotopic (exact) mass is 296 g/mol. The number of halogens is 2. The molecule has 0 fully saturated rings. The molecule has 2 aromatic rings. The first-order chi connectivity index (χ1) is 9.43. The minimum absolute atomic E-state index is 0.119. The zero-order chi connectivity index (χ0) is 14.9. The van der Waals surface area contributed by atoms with E-state index >= 15 is 0 Å². The molecule has 1 aromatic heterocycles. The van der Waals surface area contributed by atoms with Crippen LogP contribution in [0.15, 0.2) is 18.2 Å². The third kappa shape index (κ3) is 2.85. The van der Waals surface area contributed by atoms with Gasteiger partial charge in [0.25, 0.3) is 0 Å². The predicted octanol–water partition coefficient (Wildman–Crippen LogP) is 2.58. The molecule has 108 valence electrons. The van der Waals surface area contributed by atoms with E-state index in [-0.39, 0.29) is 11.9 Å². The molecule has 0 saturated heterocycles. The van der Waals surface area contributed by atoms with E-state index in [0.29, 0.717) is 11.4 Å². The maximum absolute atomic E-state index is 13.1. The number of aryl methyl sites for hydroxylation is 2. The number of hydrogen-bond donors (Lipinski definition) is 2. The molecule has 0 aliphatic heterocycles. The van der Waals surface area contributed by atoms with E-state index in [9.17, 15) is 4.39 Å². The van der Waals surface area contributed by atoms with E-state index in [1.807, 2.05) is 25.6 Å². The Morgan fingerprint density at radius 2 is 2.15 bits per heavy atom. The lowest BCUT2D eigenvalue weighted by Gasteiger charge is -2.17. The van der Waals surface area contributed by atoms with E-state index in [4.69, 9.17) is 17.4 Å². The summed E-state index contributed by atoms with van der Waals surface area (Å²) >= 11 is 6.07. The Kier molecular flexibility index (Phi) is 4.42. The standard InChI is InChI=1S/C14H18ClFN4/c1-8-14(9(2)20(3)19-8)13(18-17)6-10-4-5-11(16)7-12(10)15/h4-5,7,13,18H,6,17H2,1-3H3. The van der Waals surface area contributed by atoms with Crippen molar-refractivity contribution in [3.05, 3.63) is 51.6 Å². The van der Waals surface area contributed by atoms with Gasteiger partial charge >= 0.3 is 0 Å². The molecule has 3 N–H and O–H groups in total. The molecule has 6 heteroatoms. The summed E-state index contributed by atoms with van der Waals surface area (Å²) in [5, 5.41) is 4.79. The van der Waals surface area contributed by atoms with Gasteiger partial charge in [0.15, 0.2) is 0 Å². The Hall–Kier alpha value is -1.43. The second kappa shape index (κ2) is 5.91. The van der Waals surface area contributed by atoms with Gasteiger partial charge in [-0.05, 0) is 38.0 Å². The molecule has 1 unspecified atom stereocenters. The van der Waals surface area contributed by atoms with Crippen molar-refractivity contribution >= 4 is 11.6 Å². The zero-order valence-electron chi connectivity index (χ0n) is 11.7.